The summed E-state index contributed by atoms with van der Waals surface area (Å²) in [5.41, 5.74) is 0. The lowest BCUT2D eigenvalue weighted by Gasteiger charge is -2.21. The van der Waals surface area contributed by atoms with Gasteiger partial charge in [-0.3, -0.25) is 37.3 Å². The van der Waals surface area contributed by atoms with E-state index in [2.05, 4.69) is 41.5 Å². The molecule has 0 aliphatic rings. The van der Waals surface area contributed by atoms with Crippen LogP contribution in [0.1, 0.15) is 427 Å². The Hall–Kier alpha value is -1.94. The minimum Gasteiger partial charge on any atom is -0.462 e. The zero-order valence-electron chi connectivity index (χ0n) is 65.5. The standard InChI is InChI=1S/C81H158O17P2/c1-7-9-11-13-15-17-19-21-27-32-36-40-44-51-57-63-78(83)91-69-76(97-80(85)65-60-54-46-42-38-34-30-26-24-23-25-29-31-35-39-43-49-55-61-73(3)4)71-95-99(87,88)93-67-75(82)68-94-100(89,90)96-72-77(70-92-79(84)64-58-52-48-47-50-56-62-74(5)6)98-81(86)66-59-53-45-41-37-33-28-22-20-18-16-14-12-10-8-2/h73-77,82H,7-72H2,1-6H3,(H,87,88)(H,89,90)/t75-,76-,77-/m1/s1. The Morgan fingerprint density at radius 3 is 0.680 bits per heavy atom. The van der Waals surface area contributed by atoms with E-state index in [1.54, 1.807) is 0 Å². The monoisotopic (exact) mass is 1470 g/mol. The largest absolute Gasteiger partial charge is 0.472 e. The molecule has 0 aromatic carbocycles. The lowest BCUT2D eigenvalue weighted by molar-refractivity contribution is -0.161. The second kappa shape index (κ2) is 72.6. The van der Waals surface area contributed by atoms with Gasteiger partial charge in [-0.15, -0.1) is 0 Å². The molecule has 0 aromatic rings. The third-order valence-electron chi connectivity index (χ3n) is 19.0. The maximum atomic E-state index is 13.1. The van der Waals surface area contributed by atoms with Crippen LogP contribution in [-0.2, 0) is 65.4 Å². The van der Waals surface area contributed by atoms with Crippen molar-refractivity contribution >= 4 is 39.5 Å². The van der Waals surface area contributed by atoms with Crippen molar-refractivity contribution in [3.05, 3.63) is 0 Å². The molecule has 0 radical (unpaired) electrons. The number of aliphatic hydroxyl groups excluding tert-OH is 1. The number of carbonyl (C=O) groups is 4. The van der Waals surface area contributed by atoms with E-state index in [4.69, 9.17) is 37.0 Å². The fraction of sp³-hybridized carbons (Fsp3) is 0.951. The third kappa shape index (κ3) is 74.3. The van der Waals surface area contributed by atoms with Crippen LogP contribution in [0.5, 0.6) is 0 Å². The fourth-order valence-corrected chi connectivity index (χ4v) is 14.1. The molecule has 0 bridgehead atoms. The Morgan fingerprint density at radius 2 is 0.460 bits per heavy atom. The van der Waals surface area contributed by atoms with E-state index >= 15 is 0 Å². The normalized spacial score (nSPS) is 13.9. The molecule has 0 saturated carbocycles. The van der Waals surface area contributed by atoms with Crippen molar-refractivity contribution < 1.29 is 80.2 Å². The van der Waals surface area contributed by atoms with Gasteiger partial charge in [-0.2, -0.15) is 0 Å². The molecule has 0 aliphatic carbocycles. The molecule has 0 rings (SSSR count). The van der Waals surface area contributed by atoms with Gasteiger partial charge in [0, 0.05) is 25.7 Å². The number of aliphatic hydroxyl groups is 1. The Kier molecular flexibility index (Phi) is 71.2. The van der Waals surface area contributed by atoms with E-state index in [1.165, 1.54) is 238 Å². The summed E-state index contributed by atoms with van der Waals surface area (Å²) in [6.07, 6.45) is 62.6. The van der Waals surface area contributed by atoms with Crippen molar-refractivity contribution in [2.24, 2.45) is 11.8 Å². The van der Waals surface area contributed by atoms with Crippen LogP contribution in [0.25, 0.3) is 0 Å². The van der Waals surface area contributed by atoms with Gasteiger partial charge in [0.15, 0.2) is 12.2 Å². The van der Waals surface area contributed by atoms with Crippen molar-refractivity contribution in [1.82, 2.24) is 0 Å². The maximum Gasteiger partial charge on any atom is 0.472 e. The summed E-state index contributed by atoms with van der Waals surface area (Å²) in [7, 11) is -9.92. The quantitative estimate of drug-likeness (QED) is 0.0222. The molecule has 0 spiro atoms. The third-order valence-corrected chi connectivity index (χ3v) is 20.9. The number of phosphoric acid groups is 2. The van der Waals surface area contributed by atoms with Gasteiger partial charge < -0.3 is 33.8 Å². The number of esters is 4. The SMILES string of the molecule is CCCCCCCCCCCCCCCCCC(=O)OC[C@H](COP(=O)(O)OC[C@@H](O)COP(=O)(O)OC[C@@H](COC(=O)CCCCCCCCC(C)C)OC(=O)CCCCCCCCCCCCCCCCC)OC(=O)CCCCCCCCCCCCCCCCCCCCC(C)C. The van der Waals surface area contributed by atoms with E-state index in [-0.39, 0.29) is 25.7 Å². The predicted octanol–water partition coefficient (Wildman–Crippen LogP) is 24.3. The maximum absolute atomic E-state index is 13.1. The molecule has 0 fully saturated rings. The van der Waals surface area contributed by atoms with Crippen molar-refractivity contribution in [2.75, 3.05) is 39.6 Å². The molecule has 3 N–H and O–H groups in total. The molecule has 17 nitrogen and oxygen atoms in total. The fourth-order valence-electron chi connectivity index (χ4n) is 12.5. The van der Waals surface area contributed by atoms with Crippen molar-refractivity contribution in [3.63, 3.8) is 0 Å². The summed E-state index contributed by atoms with van der Waals surface area (Å²) in [5.74, 6) is -0.609. The second-order valence-corrected chi connectivity index (χ2v) is 33.0. The minimum atomic E-state index is -4.96. The Morgan fingerprint density at radius 1 is 0.270 bits per heavy atom. The number of hydrogen-bond acceptors (Lipinski definition) is 15. The average molecular weight is 1470 g/mol. The Labute approximate surface area is 613 Å². The summed E-state index contributed by atoms with van der Waals surface area (Å²) in [6, 6.07) is 0. The zero-order valence-corrected chi connectivity index (χ0v) is 67.3. The highest BCUT2D eigenvalue weighted by Gasteiger charge is 2.30. The molecule has 19 heteroatoms. The average Bonchev–Trinajstić information content (AvgIpc) is 1.10. The Balaban J connectivity index is 5.21. The van der Waals surface area contributed by atoms with Gasteiger partial charge >= 0.3 is 39.5 Å². The molecule has 0 saturated heterocycles. The van der Waals surface area contributed by atoms with Crippen LogP contribution in [-0.4, -0.2) is 96.7 Å². The Bertz CT molecular complexity index is 1920. The molecular formula is C81H158O17P2. The van der Waals surface area contributed by atoms with E-state index in [0.29, 0.717) is 31.6 Å². The number of carbonyl (C=O) groups excluding carboxylic acids is 4. The first kappa shape index (κ1) is 98.1. The zero-order chi connectivity index (χ0) is 73.5. The van der Waals surface area contributed by atoms with Crippen LogP contribution in [0.3, 0.4) is 0 Å². The predicted molar refractivity (Wildman–Crippen MR) is 409 cm³/mol. The van der Waals surface area contributed by atoms with Crippen LogP contribution in [0.15, 0.2) is 0 Å². The lowest BCUT2D eigenvalue weighted by atomic mass is 10.0. The highest BCUT2D eigenvalue weighted by atomic mass is 31.2. The van der Waals surface area contributed by atoms with Crippen molar-refractivity contribution in [2.45, 2.75) is 445 Å². The molecule has 0 aromatic heterocycles. The van der Waals surface area contributed by atoms with Gasteiger partial charge in [0.1, 0.15) is 19.3 Å². The number of phosphoric ester groups is 2. The second-order valence-electron chi connectivity index (χ2n) is 30.1. The number of unbranched alkanes of at least 4 members (excludes halogenated alkanes) is 50. The van der Waals surface area contributed by atoms with E-state index in [0.717, 1.165) is 102 Å². The molecule has 0 amide bonds. The summed E-state index contributed by atoms with van der Waals surface area (Å²) in [5, 5.41) is 10.6. The molecule has 0 heterocycles. The topological polar surface area (TPSA) is 237 Å². The van der Waals surface area contributed by atoms with Crippen molar-refractivity contribution in [1.29, 1.82) is 0 Å². The summed E-state index contributed by atoms with van der Waals surface area (Å²) < 4.78 is 68.7. The van der Waals surface area contributed by atoms with Crippen LogP contribution in [0.2, 0.25) is 0 Å². The van der Waals surface area contributed by atoms with Gasteiger partial charge in [0.05, 0.1) is 26.4 Å². The minimum absolute atomic E-state index is 0.107. The van der Waals surface area contributed by atoms with Gasteiger partial charge in [-0.1, -0.05) is 375 Å². The molecule has 5 atom stereocenters. The van der Waals surface area contributed by atoms with Crippen LogP contribution in [0, 0.1) is 11.8 Å². The smallest absolute Gasteiger partial charge is 0.462 e. The van der Waals surface area contributed by atoms with Gasteiger partial charge in [-0.25, -0.2) is 9.13 Å². The molecular weight excluding hydrogens is 1310 g/mol. The molecule has 2 unspecified atom stereocenters. The summed E-state index contributed by atoms with van der Waals surface area (Å²) >= 11 is 0. The van der Waals surface area contributed by atoms with Gasteiger partial charge in [-0.05, 0) is 37.5 Å². The highest BCUT2D eigenvalue weighted by molar-refractivity contribution is 7.47. The first-order valence-corrected chi connectivity index (χ1v) is 45.0. The van der Waals surface area contributed by atoms with Crippen LogP contribution in [0.4, 0.5) is 0 Å². The van der Waals surface area contributed by atoms with E-state index in [9.17, 15) is 43.2 Å². The summed E-state index contributed by atoms with van der Waals surface area (Å²) in [6.45, 7) is 9.59. The first-order chi connectivity index (χ1) is 48.4. The van der Waals surface area contributed by atoms with Crippen LogP contribution < -0.4 is 0 Å². The number of rotatable bonds is 80. The van der Waals surface area contributed by atoms with Gasteiger partial charge in [0.2, 0.25) is 0 Å². The summed E-state index contributed by atoms with van der Waals surface area (Å²) in [4.78, 5) is 73.0. The molecule has 100 heavy (non-hydrogen) atoms. The van der Waals surface area contributed by atoms with Crippen molar-refractivity contribution in [3.8, 4) is 0 Å². The molecule has 0 aliphatic heterocycles. The first-order valence-electron chi connectivity index (χ1n) is 42.0. The lowest BCUT2D eigenvalue weighted by Crippen LogP contribution is -2.30. The molecule has 594 valence electrons. The van der Waals surface area contributed by atoms with E-state index < -0.39 is 97.5 Å². The van der Waals surface area contributed by atoms with E-state index in [1.807, 2.05) is 0 Å². The van der Waals surface area contributed by atoms with Crippen LogP contribution >= 0.6 is 15.6 Å². The highest BCUT2D eigenvalue weighted by Crippen LogP contribution is 2.45. The number of ether oxygens (including phenoxy) is 4. The number of hydrogen-bond donors (Lipinski definition) is 3. The van der Waals surface area contributed by atoms with Gasteiger partial charge in [0.25, 0.3) is 0 Å².